The lowest BCUT2D eigenvalue weighted by Crippen LogP contribution is -2.29. The van der Waals surface area contributed by atoms with Gasteiger partial charge in [0.1, 0.15) is 0 Å². The minimum Gasteiger partial charge on any atom is -0.481 e. The Balaban J connectivity index is 0. The van der Waals surface area contributed by atoms with Gasteiger partial charge in [0, 0.05) is 12.2 Å². The Morgan fingerprint density at radius 3 is 1.45 bits per heavy atom. The fraction of sp³-hybridized carbons (Fsp3) is 0.867. The molecule has 0 saturated heterocycles. The predicted molar refractivity (Wildman–Crippen MR) is 85.3 cm³/mol. The molecule has 0 aliphatic carbocycles. The van der Waals surface area contributed by atoms with Crippen LogP contribution in [0.3, 0.4) is 0 Å². The number of carboxylic acid groups (broad SMARTS) is 2. The second-order valence-electron chi connectivity index (χ2n) is 7.30. The van der Waals surface area contributed by atoms with Gasteiger partial charge in [0.25, 0.3) is 0 Å². The zero-order chi connectivity index (χ0) is 16.7. The molecule has 0 aromatic carbocycles. The Morgan fingerprint density at radius 1 is 1.00 bits per heavy atom. The van der Waals surface area contributed by atoms with Crippen molar-refractivity contribution < 1.29 is 19.8 Å². The van der Waals surface area contributed by atoms with Gasteiger partial charge in [-0.15, -0.1) is 0 Å². The highest BCUT2D eigenvalue weighted by atomic mass is 32.1. The molecule has 0 radical (unpaired) electrons. The van der Waals surface area contributed by atoms with E-state index in [1.165, 1.54) is 0 Å². The molecule has 2 N–H and O–H groups in total. The van der Waals surface area contributed by atoms with E-state index in [1.807, 2.05) is 27.7 Å². The quantitative estimate of drug-likeness (QED) is 0.690. The molecule has 4 nitrogen and oxygen atoms in total. The minimum absolute atomic E-state index is 0.110. The van der Waals surface area contributed by atoms with E-state index in [9.17, 15) is 9.59 Å². The summed E-state index contributed by atoms with van der Waals surface area (Å²) in [6.07, 6.45) is 0.267. The maximum absolute atomic E-state index is 10.5. The fourth-order valence-corrected chi connectivity index (χ4v) is 1.99. The summed E-state index contributed by atoms with van der Waals surface area (Å²) in [5.41, 5.74) is -0.0774. The number of carboxylic acids is 2. The third-order valence-corrected chi connectivity index (χ3v) is 3.85. The van der Waals surface area contributed by atoms with Gasteiger partial charge in [-0.1, -0.05) is 48.5 Å². The van der Waals surface area contributed by atoms with Crippen LogP contribution in [-0.4, -0.2) is 27.9 Å². The van der Waals surface area contributed by atoms with Crippen LogP contribution in [0.5, 0.6) is 0 Å². The number of thiol groups is 1. The van der Waals surface area contributed by atoms with Crippen molar-refractivity contribution in [2.45, 2.75) is 54.9 Å². The molecule has 0 rings (SSSR count). The Labute approximate surface area is 128 Å². The smallest absolute Gasteiger partial charge is 0.307 e. The largest absolute Gasteiger partial charge is 0.481 e. The molecule has 0 aromatic heterocycles. The van der Waals surface area contributed by atoms with Crippen molar-refractivity contribution in [1.29, 1.82) is 0 Å². The van der Waals surface area contributed by atoms with Crippen molar-refractivity contribution >= 4 is 24.6 Å². The summed E-state index contributed by atoms with van der Waals surface area (Å²) in [5.74, 6) is -1.18. The molecule has 0 amide bonds. The lowest BCUT2D eigenvalue weighted by atomic mass is 9.80. The third kappa shape index (κ3) is 10.1. The van der Waals surface area contributed by atoms with Gasteiger partial charge in [0.2, 0.25) is 0 Å². The molecule has 2 atom stereocenters. The van der Waals surface area contributed by atoms with Gasteiger partial charge in [-0.25, -0.2) is 0 Å². The normalized spacial score (nSPS) is 14.8. The molecule has 20 heavy (non-hydrogen) atoms. The lowest BCUT2D eigenvalue weighted by molar-refractivity contribution is -0.144. The summed E-state index contributed by atoms with van der Waals surface area (Å²) in [6, 6.07) is 0. The second kappa shape index (κ2) is 8.55. The van der Waals surface area contributed by atoms with Gasteiger partial charge in [0.15, 0.2) is 0 Å². The van der Waals surface area contributed by atoms with Crippen LogP contribution in [0.25, 0.3) is 0 Å². The van der Waals surface area contributed by atoms with E-state index in [4.69, 9.17) is 10.2 Å². The third-order valence-electron chi connectivity index (χ3n) is 3.49. The van der Waals surface area contributed by atoms with E-state index >= 15 is 0 Å². The van der Waals surface area contributed by atoms with Gasteiger partial charge in [-0.2, -0.15) is 12.6 Å². The topological polar surface area (TPSA) is 74.6 Å². The van der Waals surface area contributed by atoms with Crippen LogP contribution in [0.2, 0.25) is 0 Å². The average Bonchev–Trinajstić information content (AvgIpc) is 2.13. The van der Waals surface area contributed by atoms with Crippen LogP contribution in [-0.2, 0) is 9.59 Å². The number of carbonyl (C=O) groups is 2. The van der Waals surface area contributed by atoms with E-state index < -0.39 is 11.9 Å². The number of hydrogen-bond acceptors (Lipinski definition) is 3. The second-order valence-corrected chi connectivity index (χ2v) is 7.67. The summed E-state index contributed by atoms with van der Waals surface area (Å²) >= 11 is 3.97. The highest BCUT2D eigenvalue weighted by Gasteiger charge is 2.29. The monoisotopic (exact) mass is 306 g/mol. The lowest BCUT2D eigenvalue weighted by Gasteiger charge is -2.25. The molecule has 0 aliphatic rings. The summed E-state index contributed by atoms with van der Waals surface area (Å²) in [4.78, 5) is 20.8. The van der Waals surface area contributed by atoms with E-state index in [1.54, 1.807) is 0 Å². The van der Waals surface area contributed by atoms with Crippen molar-refractivity contribution in [2.75, 3.05) is 5.75 Å². The first-order valence-electron chi connectivity index (χ1n) is 6.79. The molecule has 5 heteroatoms. The van der Waals surface area contributed by atoms with E-state index in [0.717, 1.165) is 0 Å². The SMILES string of the molecule is CC(C)(C)C(CS)C(=O)O.CC(CC(=O)O)C(C)(C)C. The number of rotatable bonds is 4. The molecule has 0 aromatic rings. The van der Waals surface area contributed by atoms with Crippen LogP contribution >= 0.6 is 12.6 Å². The fourth-order valence-electron chi connectivity index (χ4n) is 1.29. The molecule has 0 saturated carbocycles. The van der Waals surface area contributed by atoms with Gasteiger partial charge in [0.05, 0.1) is 5.92 Å². The van der Waals surface area contributed by atoms with Crippen molar-refractivity contribution in [3.8, 4) is 0 Å². The first-order valence-corrected chi connectivity index (χ1v) is 7.42. The minimum atomic E-state index is -0.762. The summed E-state index contributed by atoms with van der Waals surface area (Å²) in [7, 11) is 0. The molecule has 2 unspecified atom stereocenters. The number of hydrogen-bond donors (Lipinski definition) is 3. The summed E-state index contributed by atoms with van der Waals surface area (Å²) in [6.45, 7) is 13.8. The maximum Gasteiger partial charge on any atom is 0.307 e. The zero-order valence-corrected chi connectivity index (χ0v) is 14.6. The van der Waals surface area contributed by atoms with Crippen molar-refractivity contribution in [3.63, 3.8) is 0 Å². The van der Waals surface area contributed by atoms with Gasteiger partial charge >= 0.3 is 11.9 Å². The van der Waals surface area contributed by atoms with Crippen LogP contribution < -0.4 is 0 Å². The van der Waals surface area contributed by atoms with Crippen LogP contribution in [0.1, 0.15) is 54.9 Å². The highest BCUT2D eigenvalue weighted by molar-refractivity contribution is 7.80. The molecular weight excluding hydrogens is 276 g/mol. The van der Waals surface area contributed by atoms with E-state index in [0.29, 0.717) is 5.75 Å². The van der Waals surface area contributed by atoms with Crippen molar-refractivity contribution in [1.82, 2.24) is 0 Å². The first-order chi connectivity index (χ1) is 8.73. The van der Waals surface area contributed by atoms with Crippen molar-refractivity contribution in [3.05, 3.63) is 0 Å². The molecule has 0 bridgehead atoms. The maximum atomic E-state index is 10.5. The Hall–Kier alpha value is -0.710. The van der Waals surface area contributed by atoms with Gasteiger partial charge < -0.3 is 10.2 Å². The molecule has 0 heterocycles. The Kier molecular flexibility index (Phi) is 9.23. The molecule has 120 valence electrons. The zero-order valence-electron chi connectivity index (χ0n) is 13.7. The van der Waals surface area contributed by atoms with Crippen LogP contribution in [0, 0.1) is 22.7 Å². The summed E-state index contributed by atoms with van der Waals surface area (Å²) < 4.78 is 0. The first kappa shape index (κ1) is 21.6. The Morgan fingerprint density at radius 2 is 1.40 bits per heavy atom. The number of aliphatic carboxylic acids is 2. The standard InChI is InChI=1S/C8H16O2.C7H14O2S/c1-6(5-7(9)10)8(2,3)4;1-7(2,3)5(4-10)6(8)9/h6H,5H2,1-4H3,(H,9,10);5,10H,4H2,1-3H3,(H,8,9). The molecule has 0 spiro atoms. The van der Waals surface area contributed by atoms with Crippen molar-refractivity contribution in [2.24, 2.45) is 22.7 Å². The summed E-state index contributed by atoms with van der Waals surface area (Å²) in [5, 5.41) is 17.1. The average molecular weight is 306 g/mol. The van der Waals surface area contributed by atoms with E-state index in [-0.39, 0.29) is 29.1 Å². The van der Waals surface area contributed by atoms with Gasteiger partial charge in [-0.05, 0) is 16.7 Å². The highest BCUT2D eigenvalue weighted by Crippen LogP contribution is 2.27. The molecule has 0 aliphatic heterocycles. The molecule has 0 fully saturated rings. The van der Waals surface area contributed by atoms with Crippen LogP contribution in [0.15, 0.2) is 0 Å². The van der Waals surface area contributed by atoms with Gasteiger partial charge in [-0.3, -0.25) is 9.59 Å². The molecular formula is C15H30O4S. The van der Waals surface area contributed by atoms with Crippen LogP contribution in [0.4, 0.5) is 0 Å². The predicted octanol–water partition coefficient (Wildman–Crippen LogP) is 3.81. The van der Waals surface area contributed by atoms with E-state index in [2.05, 4.69) is 33.4 Å². The Bertz CT molecular complexity index is 313.